The van der Waals surface area contributed by atoms with Crippen LogP contribution in [0, 0.1) is 23.7 Å². The molecule has 0 aliphatic rings. The first-order chi connectivity index (χ1) is 11.7. The van der Waals surface area contributed by atoms with Gasteiger partial charge in [-0.3, -0.25) is 0 Å². The first-order valence-corrected chi connectivity index (χ1v) is 8.19. The summed E-state index contributed by atoms with van der Waals surface area (Å²) in [6.07, 6.45) is 11.7. The van der Waals surface area contributed by atoms with Gasteiger partial charge >= 0.3 is 0 Å². The van der Waals surface area contributed by atoms with Gasteiger partial charge in [0, 0.05) is 61.3 Å². The van der Waals surface area contributed by atoms with Crippen molar-refractivity contribution >= 4 is 11.4 Å². The molecule has 4 N–H and O–H groups in total. The number of aryl methyl sites for hydroxylation is 2. The van der Waals surface area contributed by atoms with Gasteiger partial charge in [0.05, 0.1) is 0 Å². The minimum atomic E-state index is 0. The molecule has 26 heavy (non-hydrogen) atoms. The third-order valence-electron chi connectivity index (χ3n) is 3.51. The van der Waals surface area contributed by atoms with Crippen LogP contribution in [-0.4, -0.2) is 0 Å². The van der Waals surface area contributed by atoms with Gasteiger partial charge in [0.25, 0.3) is 0 Å². The van der Waals surface area contributed by atoms with E-state index in [1.807, 2.05) is 49.1 Å². The van der Waals surface area contributed by atoms with Gasteiger partial charge in [-0.15, -0.1) is 0 Å². The Morgan fingerprint density at radius 3 is 1.35 bits per heavy atom. The molecule has 0 fully saturated rings. The SMILES string of the molecule is Nc1cc[n+](CCCC#CC#CCCC[n+]2ccc(N)cc2)cc1.[Cl-].[Cl-]. The first-order valence-electron chi connectivity index (χ1n) is 8.19. The van der Waals surface area contributed by atoms with Gasteiger partial charge in [-0.1, -0.05) is 11.8 Å². The molecule has 0 saturated carbocycles. The van der Waals surface area contributed by atoms with Crippen LogP contribution in [0.4, 0.5) is 11.4 Å². The Kier molecular flexibility index (Phi) is 12.6. The average molecular weight is 391 g/mol. The molecule has 0 bridgehead atoms. The number of nitrogens with two attached hydrogens (primary N) is 2. The number of anilines is 2. The molecular formula is C20H24Cl2N4. The Morgan fingerprint density at radius 2 is 1.00 bits per heavy atom. The molecule has 0 aliphatic carbocycles. The summed E-state index contributed by atoms with van der Waals surface area (Å²) in [5, 5.41) is 0. The highest BCUT2D eigenvalue weighted by Crippen LogP contribution is 1.95. The smallest absolute Gasteiger partial charge is 0.170 e. The van der Waals surface area contributed by atoms with Crippen LogP contribution in [0.25, 0.3) is 0 Å². The predicted molar refractivity (Wildman–Crippen MR) is 96.1 cm³/mol. The summed E-state index contributed by atoms with van der Waals surface area (Å²) in [5.74, 6) is 12.0. The number of hydrogen-bond acceptors (Lipinski definition) is 2. The Bertz CT molecular complexity index is 683. The van der Waals surface area contributed by atoms with Crippen molar-refractivity contribution in [1.29, 1.82) is 0 Å². The Labute approximate surface area is 168 Å². The standard InChI is InChI=1S/C20H22N4.2ClH/c21-19-9-15-23(16-10-19)13-7-5-3-1-2-4-6-8-14-24-17-11-20(22)12-18-24;;/h9-12,15-18,21-22H,5-8,13-14H2;2*1H. The number of hydrogen-bond donors (Lipinski definition) is 2. The van der Waals surface area contributed by atoms with Crippen LogP contribution in [0.5, 0.6) is 0 Å². The van der Waals surface area contributed by atoms with Crippen LogP contribution in [0.2, 0.25) is 0 Å². The minimum Gasteiger partial charge on any atom is -1.00 e. The van der Waals surface area contributed by atoms with Crippen molar-refractivity contribution < 1.29 is 33.9 Å². The van der Waals surface area contributed by atoms with E-state index < -0.39 is 0 Å². The highest BCUT2D eigenvalue weighted by atomic mass is 35.5. The molecule has 0 saturated heterocycles. The maximum atomic E-state index is 5.65. The van der Waals surface area contributed by atoms with E-state index in [1.54, 1.807) is 0 Å². The molecule has 138 valence electrons. The number of unbranched alkanes of at least 4 members (excludes halogenated alkanes) is 2. The van der Waals surface area contributed by atoms with E-state index in [9.17, 15) is 0 Å². The summed E-state index contributed by atoms with van der Waals surface area (Å²) >= 11 is 0. The molecule has 0 aliphatic heterocycles. The average Bonchev–Trinajstić information content (AvgIpc) is 2.60. The molecule has 0 spiro atoms. The predicted octanol–water partition coefficient (Wildman–Crippen LogP) is -4.30. The minimum absolute atomic E-state index is 0. The van der Waals surface area contributed by atoms with Gasteiger partial charge in [0.2, 0.25) is 0 Å². The first kappa shape index (κ1) is 23.6. The van der Waals surface area contributed by atoms with Crippen LogP contribution >= 0.6 is 0 Å². The van der Waals surface area contributed by atoms with Crippen LogP contribution in [0.1, 0.15) is 25.7 Å². The highest BCUT2D eigenvalue weighted by molar-refractivity contribution is 5.33. The van der Waals surface area contributed by atoms with Gasteiger partial charge in [-0.2, -0.15) is 0 Å². The molecule has 0 unspecified atom stereocenters. The molecular weight excluding hydrogens is 367 g/mol. The molecule has 0 atom stereocenters. The van der Waals surface area contributed by atoms with Crippen molar-refractivity contribution in [2.75, 3.05) is 11.5 Å². The topological polar surface area (TPSA) is 59.8 Å². The van der Waals surface area contributed by atoms with Crippen LogP contribution < -0.4 is 45.4 Å². The fourth-order valence-corrected chi connectivity index (χ4v) is 2.15. The zero-order chi connectivity index (χ0) is 17.0. The second kappa shape index (κ2) is 13.8. The number of rotatable bonds is 6. The molecule has 0 aromatic carbocycles. The summed E-state index contributed by atoms with van der Waals surface area (Å²) in [6, 6.07) is 7.61. The van der Waals surface area contributed by atoms with Gasteiger partial charge in [-0.05, 0) is 11.8 Å². The zero-order valence-corrected chi connectivity index (χ0v) is 16.2. The molecule has 2 aromatic rings. The Hall–Kier alpha value is -2.40. The summed E-state index contributed by atoms with van der Waals surface area (Å²) < 4.78 is 4.22. The molecule has 4 nitrogen and oxygen atoms in total. The largest absolute Gasteiger partial charge is 1.00 e. The van der Waals surface area contributed by atoms with Crippen molar-refractivity contribution in [2.45, 2.75) is 38.8 Å². The van der Waals surface area contributed by atoms with Crippen molar-refractivity contribution in [3.05, 3.63) is 49.1 Å². The molecule has 6 heteroatoms. The van der Waals surface area contributed by atoms with Gasteiger partial charge < -0.3 is 36.3 Å². The quantitative estimate of drug-likeness (QED) is 0.298. The van der Waals surface area contributed by atoms with Gasteiger partial charge in [0.1, 0.15) is 13.1 Å². The van der Waals surface area contributed by atoms with Crippen molar-refractivity contribution in [3.63, 3.8) is 0 Å². The molecule has 0 amide bonds. The maximum absolute atomic E-state index is 5.65. The van der Waals surface area contributed by atoms with Crippen molar-refractivity contribution in [1.82, 2.24) is 0 Å². The third kappa shape index (κ3) is 9.79. The lowest BCUT2D eigenvalue weighted by atomic mass is 10.3. The molecule has 0 radical (unpaired) electrons. The molecule has 2 aromatic heterocycles. The number of nitrogen functional groups attached to an aromatic ring is 2. The van der Waals surface area contributed by atoms with Crippen molar-refractivity contribution in [3.8, 4) is 23.7 Å². The highest BCUT2D eigenvalue weighted by Gasteiger charge is 1.98. The summed E-state index contributed by atoms with van der Waals surface area (Å²) in [6.45, 7) is 1.89. The van der Waals surface area contributed by atoms with E-state index in [0.717, 1.165) is 50.1 Å². The Balaban J connectivity index is 0.00000312. The van der Waals surface area contributed by atoms with Gasteiger partial charge in [0.15, 0.2) is 24.8 Å². The van der Waals surface area contributed by atoms with E-state index in [-0.39, 0.29) is 24.8 Å². The van der Waals surface area contributed by atoms with E-state index in [1.165, 1.54) is 0 Å². The summed E-state index contributed by atoms with van der Waals surface area (Å²) in [7, 11) is 0. The number of halogens is 2. The molecule has 2 rings (SSSR count). The number of nitrogens with zero attached hydrogens (tertiary/aromatic N) is 2. The lowest BCUT2D eigenvalue weighted by molar-refractivity contribution is -0.697. The second-order valence-electron chi connectivity index (χ2n) is 5.55. The normalized spacial score (nSPS) is 8.77. The van der Waals surface area contributed by atoms with Crippen LogP contribution in [0.3, 0.4) is 0 Å². The van der Waals surface area contributed by atoms with E-state index in [2.05, 4.69) is 32.8 Å². The second-order valence-corrected chi connectivity index (χ2v) is 5.55. The lowest BCUT2D eigenvalue weighted by Gasteiger charge is -1.94. The van der Waals surface area contributed by atoms with Crippen molar-refractivity contribution in [2.24, 2.45) is 0 Å². The summed E-state index contributed by atoms with van der Waals surface area (Å²) in [4.78, 5) is 0. The van der Waals surface area contributed by atoms with E-state index in [4.69, 9.17) is 11.5 Å². The van der Waals surface area contributed by atoms with E-state index >= 15 is 0 Å². The lowest BCUT2D eigenvalue weighted by Crippen LogP contribution is -3.00. The zero-order valence-electron chi connectivity index (χ0n) is 14.7. The van der Waals surface area contributed by atoms with Gasteiger partial charge in [-0.25, -0.2) is 9.13 Å². The molecule has 2 heterocycles. The van der Waals surface area contributed by atoms with E-state index in [0.29, 0.717) is 0 Å². The number of aromatic nitrogens is 2. The van der Waals surface area contributed by atoms with Crippen LogP contribution in [0.15, 0.2) is 49.1 Å². The summed E-state index contributed by atoms with van der Waals surface area (Å²) in [5.41, 5.74) is 12.9. The fraction of sp³-hybridized carbons (Fsp3) is 0.300. The Morgan fingerprint density at radius 1 is 0.654 bits per heavy atom. The maximum Gasteiger partial charge on any atom is 0.170 e. The number of pyridine rings is 2. The third-order valence-corrected chi connectivity index (χ3v) is 3.51. The van der Waals surface area contributed by atoms with Crippen LogP contribution in [-0.2, 0) is 13.1 Å². The monoisotopic (exact) mass is 390 g/mol. The fourth-order valence-electron chi connectivity index (χ4n) is 2.15.